The molecule has 1 aromatic rings. The van der Waals surface area contributed by atoms with Crippen molar-refractivity contribution in [1.82, 2.24) is 14.5 Å². The van der Waals surface area contributed by atoms with Crippen molar-refractivity contribution in [2.45, 2.75) is 90.0 Å². The van der Waals surface area contributed by atoms with Crippen molar-refractivity contribution < 1.29 is 4.79 Å². The molecule has 0 unspecified atom stereocenters. The topological polar surface area (TPSA) is 38.1 Å². The number of amides is 1. The summed E-state index contributed by atoms with van der Waals surface area (Å²) in [4.78, 5) is 19.4. The van der Waals surface area contributed by atoms with Gasteiger partial charge in [-0.25, -0.2) is 4.98 Å². The summed E-state index contributed by atoms with van der Waals surface area (Å²) in [6.07, 6.45) is 15.7. The smallest absolute Gasteiger partial charge is 0.222 e. The summed E-state index contributed by atoms with van der Waals surface area (Å²) >= 11 is 0. The van der Waals surface area contributed by atoms with Gasteiger partial charge < -0.3 is 9.47 Å². The third kappa shape index (κ3) is 4.32. The molecular weight excluding hydrogens is 322 g/mol. The van der Waals surface area contributed by atoms with Crippen molar-refractivity contribution in [3.8, 4) is 0 Å². The van der Waals surface area contributed by atoms with E-state index in [1.54, 1.807) is 0 Å². The Morgan fingerprint density at radius 1 is 1.04 bits per heavy atom. The lowest BCUT2D eigenvalue weighted by molar-refractivity contribution is -0.133. The van der Waals surface area contributed by atoms with E-state index in [9.17, 15) is 4.79 Å². The Morgan fingerprint density at radius 3 is 2.46 bits per heavy atom. The predicted octanol–water partition coefficient (Wildman–Crippen LogP) is 4.67. The lowest BCUT2D eigenvalue weighted by atomic mass is 9.86. The Kier molecular flexibility index (Phi) is 5.66. The number of piperidine rings is 1. The second kappa shape index (κ2) is 8.14. The van der Waals surface area contributed by atoms with Crippen molar-refractivity contribution in [2.75, 3.05) is 13.1 Å². The first-order valence-corrected chi connectivity index (χ1v) is 11.0. The van der Waals surface area contributed by atoms with Crippen LogP contribution < -0.4 is 0 Å². The number of rotatable bonds is 6. The number of aryl methyl sites for hydroxylation is 1. The fourth-order valence-corrected chi connectivity index (χ4v) is 4.99. The number of imidazole rings is 1. The SMILES string of the molecule is Cc1cnc(C2CC2)n1CCC1CCN(C(=O)CC2CCCCC2)CC1. The number of nitrogens with zero attached hydrogens (tertiary/aromatic N) is 3. The summed E-state index contributed by atoms with van der Waals surface area (Å²) in [5.74, 6) is 3.91. The fraction of sp³-hybridized carbons (Fsp3) is 0.818. The predicted molar refractivity (Wildman–Crippen MR) is 104 cm³/mol. The molecule has 2 saturated carbocycles. The minimum atomic E-state index is 0.428. The van der Waals surface area contributed by atoms with Gasteiger partial charge >= 0.3 is 0 Å². The molecule has 4 nitrogen and oxygen atoms in total. The Bertz CT molecular complexity index is 605. The summed E-state index contributed by atoms with van der Waals surface area (Å²) in [6.45, 7) is 5.26. The molecule has 1 aliphatic heterocycles. The second-order valence-electron chi connectivity index (χ2n) is 9.00. The minimum Gasteiger partial charge on any atom is -0.343 e. The number of hydrogen-bond donors (Lipinski definition) is 0. The highest BCUT2D eigenvalue weighted by atomic mass is 16.2. The number of hydrogen-bond acceptors (Lipinski definition) is 2. The maximum Gasteiger partial charge on any atom is 0.222 e. The molecule has 2 heterocycles. The summed E-state index contributed by atoms with van der Waals surface area (Å²) < 4.78 is 2.46. The first-order chi connectivity index (χ1) is 12.7. The van der Waals surface area contributed by atoms with Crippen LogP contribution in [0, 0.1) is 18.8 Å². The molecule has 0 aromatic carbocycles. The number of carbonyl (C=O) groups is 1. The van der Waals surface area contributed by atoms with Crippen LogP contribution in [0.2, 0.25) is 0 Å². The van der Waals surface area contributed by atoms with Gasteiger partial charge in [-0.15, -0.1) is 0 Å². The minimum absolute atomic E-state index is 0.428. The molecule has 0 atom stereocenters. The van der Waals surface area contributed by atoms with Crippen molar-refractivity contribution in [2.24, 2.45) is 11.8 Å². The van der Waals surface area contributed by atoms with E-state index < -0.39 is 0 Å². The van der Waals surface area contributed by atoms with Gasteiger partial charge in [-0.3, -0.25) is 4.79 Å². The van der Waals surface area contributed by atoms with Gasteiger partial charge in [0.2, 0.25) is 5.91 Å². The molecule has 4 rings (SSSR count). The maximum absolute atomic E-state index is 12.6. The normalized spacial score (nSPS) is 22.7. The van der Waals surface area contributed by atoms with Crippen molar-refractivity contribution >= 4 is 5.91 Å². The lowest BCUT2D eigenvalue weighted by Gasteiger charge is -2.33. The molecule has 26 heavy (non-hydrogen) atoms. The summed E-state index contributed by atoms with van der Waals surface area (Å²) in [6, 6.07) is 0. The molecule has 4 heteroatoms. The average Bonchev–Trinajstić information content (AvgIpc) is 3.44. The van der Waals surface area contributed by atoms with Crippen LogP contribution in [0.1, 0.15) is 88.1 Å². The van der Waals surface area contributed by atoms with E-state index >= 15 is 0 Å². The van der Waals surface area contributed by atoms with E-state index in [1.807, 2.05) is 6.20 Å². The summed E-state index contributed by atoms with van der Waals surface area (Å²) in [5.41, 5.74) is 1.31. The van der Waals surface area contributed by atoms with E-state index in [4.69, 9.17) is 0 Å². The molecule has 1 amide bonds. The van der Waals surface area contributed by atoms with Gasteiger partial charge in [0.1, 0.15) is 5.82 Å². The third-order valence-electron chi connectivity index (χ3n) is 6.94. The van der Waals surface area contributed by atoms with Gasteiger partial charge in [-0.2, -0.15) is 0 Å². The van der Waals surface area contributed by atoms with Crippen LogP contribution in [-0.2, 0) is 11.3 Å². The van der Waals surface area contributed by atoms with Crippen LogP contribution in [0.5, 0.6) is 0 Å². The highest BCUT2D eigenvalue weighted by Gasteiger charge is 2.29. The van der Waals surface area contributed by atoms with Crippen LogP contribution in [-0.4, -0.2) is 33.4 Å². The summed E-state index contributed by atoms with van der Waals surface area (Å²) in [5, 5.41) is 0. The summed E-state index contributed by atoms with van der Waals surface area (Å²) in [7, 11) is 0. The molecule has 0 spiro atoms. The Hall–Kier alpha value is -1.32. The molecule has 3 aliphatic rings. The van der Waals surface area contributed by atoms with Gasteiger partial charge in [-0.05, 0) is 63.7 Å². The van der Waals surface area contributed by atoms with E-state index in [2.05, 4.69) is 21.4 Å². The molecule has 3 fully saturated rings. The number of likely N-dealkylation sites (tertiary alicyclic amines) is 1. The molecule has 1 aromatic heterocycles. The zero-order valence-electron chi connectivity index (χ0n) is 16.5. The first kappa shape index (κ1) is 18.1. The molecule has 144 valence electrons. The molecule has 0 radical (unpaired) electrons. The van der Waals surface area contributed by atoms with Crippen LogP contribution in [0.4, 0.5) is 0 Å². The highest BCUT2D eigenvalue weighted by molar-refractivity contribution is 5.76. The van der Waals surface area contributed by atoms with Gasteiger partial charge in [0.05, 0.1) is 0 Å². The van der Waals surface area contributed by atoms with Gasteiger partial charge in [0, 0.05) is 43.9 Å². The lowest BCUT2D eigenvalue weighted by Crippen LogP contribution is -2.39. The Labute approximate surface area is 158 Å². The van der Waals surface area contributed by atoms with Crippen LogP contribution in [0.3, 0.4) is 0 Å². The van der Waals surface area contributed by atoms with E-state index in [0.717, 1.165) is 37.9 Å². The second-order valence-corrected chi connectivity index (χ2v) is 9.00. The molecular formula is C22H35N3O. The molecule has 0 N–H and O–H groups in total. The van der Waals surface area contributed by atoms with E-state index in [-0.39, 0.29) is 0 Å². The van der Waals surface area contributed by atoms with Crippen LogP contribution >= 0.6 is 0 Å². The maximum atomic E-state index is 12.6. The highest BCUT2D eigenvalue weighted by Crippen LogP contribution is 2.39. The molecule has 2 aliphatic carbocycles. The van der Waals surface area contributed by atoms with Gasteiger partial charge in [-0.1, -0.05) is 19.3 Å². The van der Waals surface area contributed by atoms with E-state index in [1.165, 1.54) is 75.7 Å². The fourth-order valence-electron chi connectivity index (χ4n) is 4.99. The zero-order chi connectivity index (χ0) is 17.9. The first-order valence-electron chi connectivity index (χ1n) is 11.0. The van der Waals surface area contributed by atoms with Crippen molar-refractivity contribution in [3.63, 3.8) is 0 Å². The van der Waals surface area contributed by atoms with Gasteiger partial charge in [0.15, 0.2) is 0 Å². The van der Waals surface area contributed by atoms with Gasteiger partial charge in [0.25, 0.3) is 0 Å². The number of carbonyl (C=O) groups excluding carboxylic acids is 1. The zero-order valence-corrected chi connectivity index (χ0v) is 16.5. The molecule has 0 bridgehead atoms. The van der Waals surface area contributed by atoms with E-state index in [0.29, 0.717) is 11.8 Å². The monoisotopic (exact) mass is 357 g/mol. The Morgan fingerprint density at radius 2 is 1.77 bits per heavy atom. The standard InChI is InChI=1S/C22H35N3O/c1-17-16-23-22(20-7-8-20)25(17)14-11-18-9-12-24(13-10-18)21(26)15-19-5-3-2-4-6-19/h16,18-20H,2-15H2,1H3. The number of aromatic nitrogens is 2. The quantitative estimate of drug-likeness (QED) is 0.742. The van der Waals surface area contributed by atoms with Crippen molar-refractivity contribution in [1.29, 1.82) is 0 Å². The Balaban J connectivity index is 1.21. The van der Waals surface area contributed by atoms with Crippen LogP contribution in [0.15, 0.2) is 6.20 Å². The van der Waals surface area contributed by atoms with Crippen molar-refractivity contribution in [3.05, 3.63) is 17.7 Å². The third-order valence-corrected chi connectivity index (χ3v) is 6.94. The van der Waals surface area contributed by atoms with Crippen LogP contribution in [0.25, 0.3) is 0 Å². The molecule has 1 saturated heterocycles. The average molecular weight is 358 g/mol. The largest absolute Gasteiger partial charge is 0.343 e.